The maximum absolute atomic E-state index is 3.51. The molecule has 0 unspecified atom stereocenters. The molecule has 0 atom stereocenters. The Morgan fingerprint density at radius 3 is 2.50 bits per heavy atom. The van der Waals surface area contributed by atoms with E-state index in [1.807, 2.05) is 18.4 Å². The topological polar surface area (TPSA) is 0 Å². The summed E-state index contributed by atoms with van der Waals surface area (Å²) in [4.78, 5) is 0. The van der Waals surface area contributed by atoms with E-state index < -0.39 is 0 Å². The molecule has 0 heterocycles. The smallest absolute Gasteiger partial charge is 0.0291 e. The van der Waals surface area contributed by atoms with Gasteiger partial charge in [-0.3, -0.25) is 0 Å². The molecule has 0 spiro atoms. The summed E-state index contributed by atoms with van der Waals surface area (Å²) in [6.07, 6.45) is 1.98. The summed E-state index contributed by atoms with van der Waals surface area (Å²) in [5.41, 5.74) is 0. The fourth-order valence-corrected chi connectivity index (χ4v) is 0.402. The fourth-order valence-electron chi connectivity index (χ4n) is 0.134. The average molecular weight is 100 g/mol. The van der Waals surface area contributed by atoms with Crippen LogP contribution in [0.1, 0.15) is 6.92 Å². The first-order valence-electron chi connectivity index (χ1n) is 1.79. The monoisotopic (exact) mass is 100 g/mol. The first-order chi connectivity index (χ1) is 2.91. The highest BCUT2D eigenvalue weighted by Gasteiger charge is 1.57. The second kappa shape index (κ2) is 4.83. The minimum Gasteiger partial charge on any atom is -0.107 e. The van der Waals surface area contributed by atoms with Crippen LogP contribution < -0.4 is 0 Å². The molecule has 0 aliphatic heterocycles. The van der Waals surface area contributed by atoms with Crippen molar-refractivity contribution in [2.75, 3.05) is 0 Å². The van der Waals surface area contributed by atoms with Crippen LogP contribution in [0.2, 0.25) is 0 Å². The second-order valence-corrected chi connectivity index (χ2v) is 1.65. The Labute approximate surface area is 42.9 Å². The molecular formula is C5H8S. The lowest BCUT2D eigenvalue weighted by atomic mass is 10.8. The van der Waals surface area contributed by atoms with Crippen LogP contribution in [0.4, 0.5) is 0 Å². The Hall–Kier alpha value is -0.170. The van der Waals surface area contributed by atoms with Gasteiger partial charge in [0.2, 0.25) is 0 Å². The van der Waals surface area contributed by atoms with Gasteiger partial charge < -0.3 is 0 Å². The molecule has 34 valence electrons. The lowest BCUT2D eigenvalue weighted by Gasteiger charge is -1.70. The highest BCUT2D eigenvalue weighted by Crippen LogP contribution is 1.99. The number of allylic oxidation sites excluding steroid dienone is 1. The molecule has 0 aromatic rings. The van der Waals surface area contributed by atoms with Crippen molar-refractivity contribution in [3.63, 3.8) is 0 Å². The third kappa shape index (κ3) is 3.83. The largest absolute Gasteiger partial charge is 0.107 e. The molecule has 0 bridgehead atoms. The van der Waals surface area contributed by atoms with Gasteiger partial charge in [0.05, 0.1) is 0 Å². The normalized spacial score (nSPS) is 9.50. The second-order valence-electron chi connectivity index (χ2n) is 0.772. The van der Waals surface area contributed by atoms with Crippen LogP contribution >= 0.6 is 11.8 Å². The van der Waals surface area contributed by atoms with Gasteiger partial charge in [-0.25, -0.2) is 0 Å². The Balaban J connectivity index is 2.85. The lowest BCUT2D eigenvalue weighted by Crippen LogP contribution is -1.34. The Kier molecular flexibility index (Phi) is 4.69. The zero-order chi connectivity index (χ0) is 4.83. The first-order valence-corrected chi connectivity index (χ1v) is 2.73. The number of thioether (sulfide) groups is 1. The van der Waals surface area contributed by atoms with E-state index in [0.717, 1.165) is 0 Å². The highest BCUT2D eigenvalue weighted by atomic mass is 32.2. The lowest BCUT2D eigenvalue weighted by molar-refractivity contribution is 1.79. The molecule has 1 heteroatoms. The highest BCUT2D eigenvalue weighted by molar-refractivity contribution is 8.04. The van der Waals surface area contributed by atoms with E-state index in [4.69, 9.17) is 0 Å². The summed E-state index contributed by atoms with van der Waals surface area (Å²) in [6, 6.07) is 0. The van der Waals surface area contributed by atoms with Crippen molar-refractivity contribution < 1.29 is 0 Å². The molecule has 0 aromatic carbocycles. The molecule has 0 saturated heterocycles. The number of hydrogen-bond donors (Lipinski definition) is 0. The minimum absolute atomic E-state index is 1.59. The van der Waals surface area contributed by atoms with E-state index in [9.17, 15) is 0 Å². The summed E-state index contributed by atoms with van der Waals surface area (Å²) in [5, 5.41) is 3.77. The SMILES string of the molecule is C=CS/C=C/C. The maximum atomic E-state index is 3.51. The molecule has 0 nitrogen and oxygen atoms in total. The molecule has 0 rings (SSSR count). The molecule has 0 N–H and O–H groups in total. The molecular weight excluding hydrogens is 92.1 g/mol. The predicted molar refractivity (Wildman–Crippen MR) is 32.6 cm³/mol. The standard InChI is InChI=1S/C5H8S/c1-3-5-6-4-2/h3-5H,2H2,1H3/b5-3+. The third-order valence-corrected chi connectivity index (χ3v) is 0.933. The summed E-state index contributed by atoms with van der Waals surface area (Å²) >= 11 is 1.59. The van der Waals surface area contributed by atoms with Gasteiger partial charge in [0, 0.05) is 0 Å². The minimum atomic E-state index is 1.59. The van der Waals surface area contributed by atoms with E-state index in [1.54, 1.807) is 17.2 Å². The van der Waals surface area contributed by atoms with Crippen molar-refractivity contribution >= 4 is 11.8 Å². The summed E-state index contributed by atoms with van der Waals surface area (Å²) in [5.74, 6) is 0. The van der Waals surface area contributed by atoms with Gasteiger partial charge in [-0.15, -0.1) is 11.8 Å². The van der Waals surface area contributed by atoms with E-state index in [1.165, 1.54) is 0 Å². The van der Waals surface area contributed by atoms with Crippen LogP contribution in [-0.4, -0.2) is 0 Å². The van der Waals surface area contributed by atoms with E-state index in [-0.39, 0.29) is 0 Å². The van der Waals surface area contributed by atoms with Gasteiger partial charge in [-0.2, -0.15) is 0 Å². The summed E-state index contributed by atoms with van der Waals surface area (Å²) in [6.45, 7) is 5.49. The van der Waals surface area contributed by atoms with Crippen LogP contribution in [0.25, 0.3) is 0 Å². The van der Waals surface area contributed by atoms with Crippen molar-refractivity contribution in [3.05, 3.63) is 23.5 Å². The first kappa shape index (κ1) is 5.83. The molecule has 0 fully saturated rings. The van der Waals surface area contributed by atoms with E-state index in [0.29, 0.717) is 0 Å². The van der Waals surface area contributed by atoms with Crippen LogP contribution in [0.15, 0.2) is 23.5 Å². The van der Waals surface area contributed by atoms with Gasteiger partial charge in [-0.1, -0.05) is 12.7 Å². The summed E-state index contributed by atoms with van der Waals surface area (Å²) < 4.78 is 0. The van der Waals surface area contributed by atoms with Crippen LogP contribution in [0.5, 0.6) is 0 Å². The third-order valence-electron chi connectivity index (χ3n) is 0.311. The van der Waals surface area contributed by atoms with Crippen molar-refractivity contribution in [2.45, 2.75) is 6.92 Å². The zero-order valence-electron chi connectivity index (χ0n) is 3.85. The van der Waals surface area contributed by atoms with Crippen LogP contribution in [0, 0.1) is 0 Å². The average Bonchev–Trinajstić information content (AvgIpc) is 1.61. The van der Waals surface area contributed by atoms with E-state index in [2.05, 4.69) is 6.58 Å². The van der Waals surface area contributed by atoms with Crippen LogP contribution in [0.3, 0.4) is 0 Å². The van der Waals surface area contributed by atoms with Gasteiger partial charge in [0.25, 0.3) is 0 Å². The Bertz CT molecular complexity index is 55.0. The zero-order valence-corrected chi connectivity index (χ0v) is 4.66. The van der Waals surface area contributed by atoms with Gasteiger partial charge in [0.1, 0.15) is 0 Å². The maximum Gasteiger partial charge on any atom is -0.0291 e. The number of rotatable bonds is 2. The molecule has 0 radical (unpaired) electrons. The predicted octanol–water partition coefficient (Wildman–Crippen LogP) is 2.40. The van der Waals surface area contributed by atoms with E-state index >= 15 is 0 Å². The molecule has 0 aliphatic carbocycles. The van der Waals surface area contributed by atoms with Crippen molar-refractivity contribution in [3.8, 4) is 0 Å². The molecule has 0 saturated carbocycles. The van der Waals surface area contributed by atoms with Crippen molar-refractivity contribution in [2.24, 2.45) is 0 Å². The summed E-state index contributed by atoms with van der Waals surface area (Å²) in [7, 11) is 0. The molecule has 0 aromatic heterocycles. The molecule has 6 heavy (non-hydrogen) atoms. The van der Waals surface area contributed by atoms with Crippen molar-refractivity contribution in [1.82, 2.24) is 0 Å². The quantitative estimate of drug-likeness (QED) is 0.513. The van der Waals surface area contributed by atoms with Gasteiger partial charge >= 0.3 is 0 Å². The molecule has 0 amide bonds. The molecule has 0 aliphatic rings. The van der Waals surface area contributed by atoms with Crippen LogP contribution in [-0.2, 0) is 0 Å². The van der Waals surface area contributed by atoms with Gasteiger partial charge in [-0.05, 0) is 17.7 Å². The fraction of sp³-hybridized carbons (Fsp3) is 0.200. The number of hydrogen-bond acceptors (Lipinski definition) is 1. The van der Waals surface area contributed by atoms with Crippen molar-refractivity contribution in [1.29, 1.82) is 0 Å². The van der Waals surface area contributed by atoms with Gasteiger partial charge in [0.15, 0.2) is 0 Å². The Morgan fingerprint density at radius 2 is 2.33 bits per heavy atom. The Morgan fingerprint density at radius 1 is 1.67 bits per heavy atom.